The summed E-state index contributed by atoms with van der Waals surface area (Å²) < 4.78 is 12.8. The third-order valence-corrected chi connectivity index (χ3v) is 6.27. The van der Waals surface area contributed by atoms with Gasteiger partial charge in [0.1, 0.15) is 0 Å². The van der Waals surface area contributed by atoms with Crippen molar-refractivity contribution in [3.63, 3.8) is 0 Å². The molecule has 1 N–H and O–H groups in total. The number of nitrogens with zero attached hydrogens (tertiary/aromatic N) is 2. The largest absolute Gasteiger partial charge is 0.462 e. The van der Waals surface area contributed by atoms with Crippen LogP contribution in [-0.4, -0.2) is 53.0 Å². The summed E-state index contributed by atoms with van der Waals surface area (Å²) >= 11 is 1.39. The molecule has 1 atom stereocenters. The van der Waals surface area contributed by atoms with Gasteiger partial charge in [0.15, 0.2) is 5.16 Å². The number of ether oxygens (including phenoxy) is 2. The van der Waals surface area contributed by atoms with Crippen LogP contribution in [0.2, 0.25) is 0 Å². The van der Waals surface area contributed by atoms with E-state index in [9.17, 15) is 9.59 Å². The average molecular weight is 454 g/mol. The van der Waals surface area contributed by atoms with E-state index in [4.69, 9.17) is 14.5 Å². The van der Waals surface area contributed by atoms with Crippen molar-refractivity contribution in [1.82, 2.24) is 14.9 Å². The molecule has 2 aromatic carbocycles. The first-order valence-electron chi connectivity index (χ1n) is 10.9. The molecule has 4 rings (SSSR count). The highest BCUT2D eigenvalue weighted by Gasteiger charge is 2.18. The van der Waals surface area contributed by atoms with E-state index in [1.165, 1.54) is 11.8 Å². The van der Waals surface area contributed by atoms with Crippen LogP contribution in [0.4, 0.5) is 0 Å². The lowest BCUT2D eigenvalue weighted by Gasteiger charge is -2.11. The number of fused-ring (bicyclic) bond motifs is 1. The molecule has 168 valence electrons. The SMILES string of the molecule is CCOC(=O)c1ccc2c(c1)nc(SCC(=O)NCC1CCCO1)n2Cc1ccccc1. The Balaban J connectivity index is 1.53. The molecule has 0 aliphatic carbocycles. The van der Waals surface area contributed by atoms with E-state index in [-0.39, 0.29) is 23.7 Å². The molecule has 0 radical (unpaired) electrons. The lowest BCUT2D eigenvalue weighted by atomic mass is 10.2. The van der Waals surface area contributed by atoms with Crippen LogP contribution in [0.15, 0.2) is 53.7 Å². The Labute approximate surface area is 191 Å². The number of aromatic nitrogens is 2. The van der Waals surface area contributed by atoms with Crippen molar-refractivity contribution >= 4 is 34.7 Å². The number of benzene rings is 2. The molecule has 1 aromatic heterocycles. The van der Waals surface area contributed by atoms with E-state index in [1.54, 1.807) is 19.1 Å². The Bertz CT molecular complexity index is 1080. The molecule has 1 unspecified atom stereocenters. The molecular weight excluding hydrogens is 426 g/mol. The molecule has 8 heteroatoms. The minimum Gasteiger partial charge on any atom is -0.462 e. The summed E-state index contributed by atoms with van der Waals surface area (Å²) in [4.78, 5) is 29.3. The van der Waals surface area contributed by atoms with Gasteiger partial charge in [-0.1, -0.05) is 42.1 Å². The summed E-state index contributed by atoms with van der Waals surface area (Å²) in [7, 11) is 0. The van der Waals surface area contributed by atoms with Crippen molar-refractivity contribution < 1.29 is 19.1 Å². The van der Waals surface area contributed by atoms with Crippen LogP contribution >= 0.6 is 11.8 Å². The summed E-state index contributed by atoms with van der Waals surface area (Å²) in [6, 6.07) is 15.5. The second-order valence-electron chi connectivity index (χ2n) is 7.62. The number of carbonyl (C=O) groups is 2. The molecular formula is C24H27N3O4S. The van der Waals surface area contributed by atoms with Crippen molar-refractivity contribution in [2.24, 2.45) is 0 Å². The van der Waals surface area contributed by atoms with Gasteiger partial charge in [-0.05, 0) is 43.5 Å². The van der Waals surface area contributed by atoms with Gasteiger partial charge in [0.2, 0.25) is 5.91 Å². The van der Waals surface area contributed by atoms with Gasteiger partial charge in [0, 0.05) is 13.2 Å². The third-order valence-electron chi connectivity index (χ3n) is 5.29. The van der Waals surface area contributed by atoms with Crippen molar-refractivity contribution in [2.45, 2.75) is 37.6 Å². The fraction of sp³-hybridized carbons (Fsp3) is 0.375. The van der Waals surface area contributed by atoms with Crippen LogP contribution in [0.5, 0.6) is 0 Å². The fourth-order valence-electron chi connectivity index (χ4n) is 3.69. The predicted octanol–water partition coefficient (Wildman–Crippen LogP) is 3.65. The van der Waals surface area contributed by atoms with Crippen molar-refractivity contribution in [1.29, 1.82) is 0 Å². The number of amides is 1. The molecule has 32 heavy (non-hydrogen) atoms. The maximum absolute atomic E-state index is 12.4. The summed E-state index contributed by atoms with van der Waals surface area (Å²) in [5.74, 6) is -0.152. The Hall–Kier alpha value is -2.84. The Morgan fingerprint density at radius 3 is 2.84 bits per heavy atom. The van der Waals surface area contributed by atoms with Gasteiger partial charge >= 0.3 is 5.97 Å². The van der Waals surface area contributed by atoms with Crippen molar-refractivity contribution in [3.8, 4) is 0 Å². The summed E-state index contributed by atoms with van der Waals surface area (Å²) in [5.41, 5.74) is 3.21. The lowest BCUT2D eigenvalue weighted by Crippen LogP contribution is -2.32. The van der Waals surface area contributed by atoms with Gasteiger partial charge in [0.25, 0.3) is 0 Å². The zero-order valence-corrected chi connectivity index (χ0v) is 18.9. The second kappa shape index (κ2) is 10.7. The molecule has 1 saturated heterocycles. The summed E-state index contributed by atoms with van der Waals surface area (Å²) in [5, 5.41) is 3.69. The van der Waals surface area contributed by atoms with Crippen LogP contribution in [0.1, 0.15) is 35.7 Å². The van der Waals surface area contributed by atoms with Gasteiger partial charge in [-0.3, -0.25) is 4.79 Å². The molecule has 0 saturated carbocycles. The van der Waals surface area contributed by atoms with Crippen LogP contribution in [-0.2, 0) is 20.8 Å². The maximum Gasteiger partial charge on any atom is 0.338 e. The molecule has 1 fully saturated rings. The number of nitrogens with one attached hydrogen (secondary N) is 1. The van der Waals surface area contributed by atoms with Gasteiger partial charge < -0.3 is 19.4 Å². The molecule has 1 aliphatic rings. The van der Waals surface area contributed by atoms with Crippen molar-refractivity contribution in [3.05, 3.63) is 59.7 Å². The highest BCUT2D eigenvalue weighted by atomic mass is 32.2. The van der Waals surface area contributed by atoms with Crippen molar-refractivity contribution in [2.75, 3.05) is 25.5 Å². The van der Waals surface area contributed by atoms with E-state index >= 15 is 0 Å². The van der Waals surface area contributed by atoms with Gasteiger partial charge in [-0.2, -0.15) is 0 Å². The Kier molecular flexibility index (Phi) is 7.44. The monoisotopic (exact) mass is 453 g/mol. The highest BCUT2D eigenvalue weighted by Crippen LogP contribution is 2.26. The standard InChI is InChI=1S/C24H27N3O4S/c1-2-30-23(29)18-10-11-21-20(13-18)26-24(27(21)15-17-7-4-3-5-8-17)32-16-22(28)25-14-19-9-6-12-31-19/h3-5,7-8,10-11,13,19H,2,6,9,12,14-16H2,1H3,(H,25,28). The number of carbonyl (C=O) groups excluding carboxylic acids is 2. The minimum atomic E-state index is -0.366. The summed E-state index contributed by atoms with van der Waals surface area (Å²) in [6.45, 7) is 4.04. The zero-order valence-electron chi connectivity index (χ0n) is 18.1. The quantitative estimate of drug-likeness (QED) is 0.393. The molecule has 3 aromatic rings. The number of rotatable bonds is 9. The summed E-state index contributed by atoms with van der Waals surface area (Å²) in [6.07, 6.45) is 2.16. The normalized spacial score (nSPS) is 15.7. The second-order valence-corrected chi connectivity index (χ2v) is 8.56. The zero-order chi connectivity index (χ0) is 22.3. The fourth-order valence-corrected chi connectivity index (χ4v) is 4.54. The molecule has 7 nitrogen and oxygen atoms in total. The van der Waals surface area contributed by atoms with Crippen LogP contribution in [0.3, 0.4) is 0 Å². The first-order chi connectivity index (χ1) is 15.6. The molecule has 1 amide bonds. The van der Waals surface area contributed by atoms with Crippen LogP contribution in [0, 0.1) is 0 Å². The molecule has 1 aliphatic heterocycles. The molecule has 2 heterocycles. The van der Waals surface area contributed by atoms with E-state index < -0.39 is 0 Å². The highest BCUT2D eigenvalue weighted by molar-refractivity contribution is 7.99. The predicted molar refractivity (Wildman–Crippen MR) is 124 cm³/mol. The number of imidazole rings is 1. The van der Waals surface area contributed by atoms with Gasteiger partial charge in [-0.15, -0.1) is 0 Å². The Morgan fingerprint density at radius 1 is 1.25 bits per heavy atom. The Morgan fingerprint density at radius 2 is 2.09 bits per heavy atom. The smallest absolute Gasteiger partial charge is 0.338 e. The number of esters is 1. The van der Waals surface area contributed by atoms with Gasteiger partial charge in [-0.25, -0.2) is 9.78 Å². The minimum absolute atomic E-state index is 0.0453. The first kappa shape index (κ1) is 22.4. The molecule has 0 bridgehead atoms. The van der Waals surface area contributed by atoms with E-state index in [2.05, 4.69) is 22.0 Å². The van der Waals surface area contributed by atoms with E-state index in [0.717, 1.165) is 35.7 Å². The topological polar surface area (TPSA) is 82.4 Å². The van der Waals surface area contributed by atoms with E-state index in [1.807, 2.05) is 24.3 Å². The molecule has 0 spiro atoms. The number of hydrogen-bond acceptors (Lipinski definition) is 6. The van der Waals surface area contributed by atoms with Gasteiger partial charge in [0.05, 0.1) is 41.6 Å². The maximum atomic E-state index is 12.4. The average Bonchev–Trinajstić information content (AvgIpc) is 3.45. The van der Waals surface area contributed by atoms with Crippen LogP contribution in [0.25, 0.3) is 11.0 Å². The number of thioether (sulfide) groups is 1. The first-order valence-corrected chi connectivity index (χ1v) is 11.8. The lowest BCUT2D eigenvalue weighted by molar-refractivity contribution is -0.119. The van der Waals surface area contributed by atoms with E-state index in [0.29, 0.717) is 30.8 Å². The van der Waals surface area contributed by atoms with Crippen LogP contribution < -0.4 is 5.32 Å². The third kappa shape index (κ3) is 5.49. The number of hydrogen-bond donors (Lipinski definition) is 1.